The van der Waals surface area contributed by atoms with Crippen molar-refractivity contribution in [1.29, 1.82) is 0 Å². The molecular weight excluding hydrogens is 234 g/mol. The van der Waals surface area contributed by atoms with Gasteiger partial charge in [0.25, 0.3) is 0 Å². The highest BCUT2D eigenvalue weighted by Gasteiger charge is 2.20. The van der Waals surface area contributed by atoms with E-state index >= 15 is 0 Å². The monoisotopic (exact) mass is 256 g/mol. The Morgan fingerprint density at radius 2 is 2.00 bits per heavy atom. The van der Waals surface area contributed by atoms with Crippen molar-refractivity contribution >= 4 is 18.2 Å². The van der Waals surface area contributed by atoms with Gasteiger partial charge in [-0.25, -0.2) is 4.79 Å². The molecule has 0 aromatic heterocycles. The van der Waals surface area contributed by atoms with E-state index in [0.717, 1.165) is 19.3 Å². The zero-order valence-electron chi connectivity index (χ0n) is 11.1. The van der Waals surface area contributed by atoms with Crippen molar-refractivity contribution < 1.29 is 19.5 Å². The van der Waals surface area contributed by atoms with Gasteiger partial charge in [0.2, 0.25) is 5.91 Å². The van der Waals surface area contributed by atoms with Crippen molar-refractivity contribution in [3.63, 3.8) is 0 Å². The average Bonchev–Trinajstić information content (AvgIpc) is 2.31. The van der Waals surface area contributed by atoms with Gasteiger partial charge in [0.05, 0.1) is 0 Å². The van der Waals surface area contributed by atoms with Gasteiger partial charge in [-0.05, 0) is 12.3 Å². The van der Waals surface area contributed by atoms with Crippen LogP contribution in [-0.4, -0.2) is 29.3 Å². The molecule has 0 aliphatic rings. The molecule has 0 unspecified atom stereocenters. The molecule has 0 fully saturated rings. The molecule has 0 aromatic rings. The Bertz CT molecular complexity index is 278. The lowest BCUT2D eigenvalue weighted by molar-refractivity contribution is -0.142. The number of amides is 1. The molecule has 18 heavy (non-hydrogen) atoms. The zero-order chi connectivity index (χ0) is 14.0. The van der Waals surface area contributed by atoms with Gasteiger partial charge in [-0.3, -0.25) is 9.59 Å². The molecule has 2 N–H and O–H groups in total. The van der Waals surface area contributed by atoms with Crippen LogP contribution in [-0.2, 0) is 14.4 Å². The second-order valence-electron chi connectivity index (χ2n) is 4.59. The molecule has 5 heteroatoms. The van der Waals surface area contributed by atoms with E-state index in [1.54, 1.807) is 6.29 Å². The molecule has 0 aliphatic carbocycles. The fourth-order valence-corrected chi connectivity index (χ4v) is 1.69. The third-order valence-corrected chi connectivity index (χ3v) is 2.75. The van der Waals surface area contributed by atoms with Crippen molar-refractivity contribution in [3.05, 3.63) is 0 Å². The quantitative estimate of drug-likeness (QED) is 0.622. The normalized spacial score (nSPS) is 13.7. The topological polar surface area (TPSA) is 83.5 Å². The minimum absolute atomic E-state index is 0.0165. The van der Waals surface area contributed by atoms with Gasteiger partial charge in [-0.1, -0.05) is 33.1 Å². The summed E-state index contributed by atoms with van der Waals surface area (Å²) in [5.74, 6) is -1.13. The van der Waals surface area contributed by atoms with Crippen LogP contribution in [0, 0.1) is 5.92 Å². The molecule has 1 amide bonds. The molecule has 0 heterocycles. The SMILES string of the molecule is CCCC[C@H](C)CC(=O)N[C@@H](CC[C]=O)C(=O)O. The van der Waals surface area contributed by atoms with E-state index in [2.05, 4.69) is 12.2 Å². The van der Waals surface area contributed by atoms with Gasteiger partial charge < -0.3 is 10.4 Å². The fourth-order valence-electron chi connectivity index (χ4n) is 1.69. The molecule has 0 saturated carbocycles. The van der Waals surface area contributed by atoms with E-state index in [1.165, 1.54) is 0 Å². The van der Waals surface area contributed by atoms with Gasteiger partial charge in [-0.15, -0.1) is 0 Å². The van der Waals surface area contributed by atoms with E-state index in [0.29, 0.717) is 6.42 Å². The number of carboxylic acids is 1. The van der Waals surface area contributed by atoms with Crippen molar-refractivity contribution in [3.8, 4) is 0 Å². The molecule has 0 saturated heterocycles. The van der Waals surface area contributed by atoms with Crippen LogP contribution < -0.4 is 5.32 Å². The van der Waals surface area contributed by atoms with Crippen LogP contribution in [0.1, 0.15) is 52.4 Å². The second kappa shape index (κ2) is 9.62. The fraction of sp³-hybridized carbons (Fsp3) is 0.769. The molecule has 0 aliphatic heterocycles. The van der Waals surface area contributed by atoms with Crippen molar-refractivity contribution in [1.82, 2.24) is 5.32 Å². The highest BCUT2D eigenvalue weighted by molar-refractivity contribution is 5.83. The van der Waals surface area contributed by atoms with Crippen LogP contribution in [0.15, 0.2) is 0 Å². The lowest BCUT2D eigenvalue weighted by Gasteiger charge is -2.15. The van der Waals surface area contributed by atoms with Gasteiger partial charge in [0.15, 0.2) is 6.29 Å². The van der Waals surface area contributed by atoms with E-state index in [-0.39, 0.29) is 24.7 Å². The smallest absolute Gasteiger partial charge is 0.326 e. The summed E-state index contributed by atoms with van der Waals surface area (Å²) in [7, 11) is 0. The first-order chi connectivity index (χ1) is 8.51. The number of carboxylic acid groups (broad SMARTS) is 1. The predicted octanol–water partition coefficient (Wildman–Crippen LogP) is 1.66. The Morgan fingerprint density at radius 3 is 2.50 bits per heavy atom. The van der Waals surface area contributed by atoms with Crippen LogP contribution in [0.5, 0.6) is 0 Å². The number of hydrogen-bond donors (Lipinski definition) is 2. The second-order valence-corrected chi connectivity index (χ2v) is 4.59. The third kappa shape index (κ3) is 7.81. The number of nitrogens with one attached hydrogen (secondary N) is 1. The molecule has 0 spiro atoms. The highest BCUT2D eigenvalue weighted by atomic mass is 16.4. The number of hydrogen-bond acceptors (Lipinski definition) is 3. The highest BCUT2D eigenvalue weighted by Crippen LogP contribution is 2.11. The van der Waals surface area contributed by atoms with E-state index in [9.17, 15) is 14.4 Å². The zero-order valence-corrected chi connectivity index (χ0v) is 11.1. The van der Waals surface area contributed by atoms with Crippen LogP contribution in [0.4, 0.5) is 0 Å². The Morgan fingerprint density at radius 1 is 1.33 bits per heavy atom. The van der Waals surface area contributed by atoms with E-state index < -0.39 is 12.0 Å². The molecule has 5 nitrogen and oxygen atoms in total. The minimum atomic E-state index is -1.11. The summed E-state index contributed by atoms with van der Waals surface area (Å²) in [6, 6.07) is -0.989. The molecular formula is C13H22NO4. The largest absolute Gasteiger partial charge is 0.480 e. The van der Waals surface area contributed by atoms with Crippen LogP contribution in [0.3, 0.4) is 0 Å². The maximum atomic E-state index is 11.6. The maximum Gasteiger partial charge on any atom is 0.326 e. The van der Waals surface area contributed by atoms with E-state index in [4.69, 9.17) is 5.11 Å². The molecule has 0 aromatic carbocycles. The summed E-state index contributed by atoms with van der Waals surface area (Å²) in [5, 5.41) is 11.3. The molecule has 1 radical (unpaired) electrons. The van der Waals surface area contributed by atoms with Gasteiger partial charge in [0.1, 0.15) is 6.04 Å². The number of carbonyl (C=O) groups is 2. The number of rotatable bonds is 10. The van der Waals surface area contributed by atoms with Crippen LogP contribution in [0.25, 0.3) is 0 Å². The number of unbranched alkanes of at least 4 members (excludes halogenated alkanes) is 1. The predicted molar refractivity (Wildman–Crippen MR) is 67.8 cm³/mol. The van der Waals surface area contributed by atoms with Gasteiger partial charge in [-0.2, -0.15) is 0 Å². The average molecular weight is 256 g/mol. The summed E-state index contributed by atoms with van der Waals surface area (Å²) in [6.07, 6.45) is 5.18. The van der Waals surface area contributed by atoms with Crippen molar-refractivity contribution in [2.75, 3.05) is 0 Å². The molecule has 0 bridgehead atoms. The van der Waals surface area contributed by atoms with Crippen LogP contribution in [0.2, 0.25) is 0 Å². The van der Waals surface area contributed by atoms with Crippen molar-refractivity contribution in [2.45, 2.75) is 58.4 Å². The first kappa shape index (κ1) is 16.6. The third-order valence-electron chi connectivity index (χ3n) is 2.75. The number of aliphatic carboxylic acids is 1. The Labute approximate surface area is 108 Å². The van der Waals surface area contributed by atoms with Gasteiger partial charge >= 0.3 is 5.97 Å². The lowest BCUT2D eigenvalue weighted by atomic mass is 10.00. The summed E-state index contributed by atoms with van der Waals surface area (Å²) < 4.78 is 0. The summed E-state index contributed by atoms with van der Waals surface area (Å²) in [6.45, 7) is 4.06. The number of carbonyl (C=O) groups excluding carboxylic acids is 2. The first-order valence-corrected chi connectivity index (χ1v) is 6.38. The molecule has 103 valence electrons. The molecule has 2 atom stereocenters. The summed E-state index contributed by atoms with van der Waals surface area (Å²) >= 11 is 0. The summed E-state index contributed by atoms with van der Waals surface area (Å²) in [5.41, 5.74) is 0. The Kier molecular flexibility index (Phi) is 8.88. The Hall–Kier alpha value is -1.39. The van der Waals surface area contributed by atoms with Crippen molar-refractivity contribution in [2.24, 2.45) is 5.92 Å². The van der Waals surface area contributed by atoms with E-state index in [1.807, 2.05) is 6.92 Å². The lowest BCUT2D eigenvalue weighted by Crippen LogP contribution is -2.41. The first-order valence-electron chi connectivity index (χ1n) is 6.38. The van der Waals surface area contributed by atoms with Gasteiger partial charge in [0, 0.05) is 12.8 Å². The van der Waals surface area contributed by atoms with Crippen LogP contribution >= 0.6 is 0 Å². The minimum Gasteiger partial charge on any atom is -0.480 e. The molecule has 0 rings (SSSR count). The summed E-state index contributed by atoms with van der Waals surface area (Å²) in [4.78, 5) is 32.6. The Balaban J connectivity index is 4.08. The maximum absolute atomic E-state index is 11.6. The standard InChI is InChI=1S/C13H22NO4/c1-3-4-6-10(2)9-12(16)14-11(13(17)18)7-5-8-15/h10-11H,3-7,9H2,1-2H3,(H,14,16)(H,17,18)/t10-,11-/m0/s1.